The molecule has 0 aromatic heterocycles. The molecule has 0 saturated carbocycles. The summed E-state index contributed by atoms with van der Waals surface area (Å²) in [6, 6.07) is 7.29. The van der Waals surface area contributed by atoms with Gasteiger partial charge in [0.2, 0.25) is 0 Å². The van der Waals surface area contributed by atoms with E-state index in [-0.39, 0.29) is 0 Å². The van der Waals surface area contributed by atoms with Gasteiger partial charge in [-0.3, -0.25) is 0 Å². The summed E-state index contributed by atoms with van der Waals surface area (Å²) in [5.41, 5.74) is 1.52. The summed E-state index contributed by atoms with van der Waals surface area (Å²) in [7, 11) is 0. The minimum atomic E-state index is -0.952. The van der Waals surface area contributed by atoms with Crippen LogP contribution >= 0.6 is 0 Å². The molecule has 1 aromatic rings. The predicted molar refractivity (Wildman–Crippen MR) is 72.7 cm³/mol. The highest BCUT2D eigenvalue weighted by Gasteiger charge is 2.33. The van der Waals surface area contributed by atoms with Gasteiger partial charge in [0.05, 0.1) is 0 Å². The van der Waals surface area contributed by atoms with E-state index in [4.69, 9.17) is 4.74 Å². The number of allylic oxidation sites excluding steroid dienone is 1. The van der Waals surface area contributed by atoms with Crippen LogP contribution in [0.25, 0.3) is 5.57 Å². The molecule has 1 N–H and O–H groups in total. The lowest BCUT2D eigenvalue weighted by atomic mass is 9.89. The van der Waals surface area contributed by atoms with Gasteiger partial charge in [0.25, 0.3) is 0 Å². The Morgan fingerprint density at radius 3 is 2.11 bits per heavy atom. The van der Waals surface area contributed by atoms with Crippen molar-refractivity contribution in [1.82, 2.24) is 0 Å². The number of carbonyl (C=O) groups is 1. The van der Waals surface area contributed by atoms with Gasteiger partial charge in [0.1, 0.15) is 5.75 Å². The zero-order chi connectivity index (χ0) is 13.9. The van der Waals surface area contributed by atoms with Gasteiger partial charge in [0, 0.05) is 5.41 Å². The number of ether oxygens (including phenoxy) is 1. The van der Waals surface area contributed by atoms with Crippen LogP contribution in [0.5, 0.6) is 5.75 Å². The van der Waals surface area contributed by atoms with Crippen molar-refractivity contribution in [3.8, 4) is 5.75 Å². The van der Waals surface area contributed by atoms with Gasteiger partial charge in [0.15, 0.2) is 6.10 Å². The summed E-state index contributed by atoms with van der Waals surface area (Å²) in [6.07, 6.45) is -0.867. The topological polar surface area (TPSA) is 46.5 Å². The molecule has 0 amide bonds. The molecule has 0 fully saturated rings. The molecule has 0 heterocycles. The Labute approximate surface area is 108 Å². The van der Waals surface area contributed by atoms with E-state index in [1.807, 2.05) is 39.8 Å². The fraction of sp³-hybridized carbons (Fsp3) is 0.400. The van der Waals surface area contributed by atoms with Gasteiger partial charge in [-0.05, 0) is 24.6 Å². The van der Waals surface area contributed by atoms with E-state index in [1.54, 1.807) is 12.1 Å². The standard InChI is InChI=1S/C15H20O3/c1-10(2)11-6-8-12(9-7-11)18-13(14(16)17)15(3,4)5/h6-9,13H,1H2,2-5H3,(H,16,17). The van der Waals surface area contributed by atoms with Crippen molar-refractivity contribution in [3.63, 3.8) is 0 Å². The first-order chi connectivity index (χ1) is 8.21. The second kappa shape index (κ2) is 5.25. The molecular weight excluding hydrogens is 228 g/mol. The first-order valence-electron chi connectivity index (χ1n) is 5.87. The molecule has 98 valence electrons. The van der Waals surface area contributed by atoms with E-state index in [1.165, 1.54) is 0 Å². The molecule has 0 aliphatic rings. The van der Waals surface area contributed by atoms with E-state index >= 15 is 0 Å². The molecule has 3 nitrogen and oxygen atoms in total. The molecule has 0 aliphatic heterocycles. The average Bonchev–Trinajstić information content (AvgIpc) is 2.24. The van der Waals surface area contributed by atoms with Crippen LogP contribution in [0, 0.1) is 5.41 Å². The number of hydrogen-bond donors (Lipinski definition) is 1. The molecule has 0 bridgehead atoms. The fourth-order valence-electron chi connectivity index (χ4n) is 1.55. The Balaban J connectivity index is 2.89. The molecule has 1 aromatic carbocycles. The van der Waals surface area contributed by atoms with Crippen LogP contribution in [0.4, 0.5) is 0 Å². The summed E-state index contributed by atoms with van der Waals surface area (Å²) in [4.78, 5) is 11.2. The molecule has 1 rings (SSSR count). The fourth-order valence-corrected chi connectivity index (χ4v) is 1.55. The Bertz CT molecular complexity index is 438. The predicted octanol–water partition coefficient (Wildman–Crippen LogP) is 3.60. The minimum Gasteiger partial charge on any atom is -0.478 e. The smallest absolute Gasteiger partial charge is 0.345 e. The maximum absolute atomic E-state index is 11.2. The van der Waals surface area contributed by atoms with Crippen molar-refractivity contribution < 1.29 is 14.6 Å². The molecule has 1 unspecified atom stereocenters. The van der Waals surface area contributed by atoms with E-state index in [9.17, 15) is 9.90 Å². The summed E-state index contributed by atoms with van der Waals surface area (Å²) in [6.45, 7) is 11.3. The number of carboxylic acid groups (broad SMARTS) is 1. The van der Waals surface area contributed by atoms with E-state index < -0.39 is 17.5 Å². The molecule has 0 spiro atoms. The van der Waals surface area contributed by atoms with Crippen LogP contribution in [-0.2, 0) is 4.79 Å². The molecule has 0 aliphatic carbocycles. The Morgan fingerprint density at radius 1 is 1.28 bits per heavy atom. The molecule has 18 heavy (non-hydrogen) atoms. The maximum Gasteiger partial charge on any atom is 0.345 e. The maximum atomic E-state index is 11.2. The van der Waals surface area contributed by atoms with Crippen LogP contribution in [0.15, 0.2) is 30.8 Å². The molecule has 3 heteroatoms. The largest absolute Gasteiger partial charge is 0.478 e. The van der Waals surface area contributed by atoms with Gasteiger partial charge < -0.3 is 9.84 Å². The SMILES string of the molecule is C=C(C)c1ccc(OC(C(=O)O)C(C)(C)C)cc1. The minimum absolute atomic E-state index is 0.459. The van der Waals surface area contributed by atoms with Gasteiger partial charge in [-0.2, -0.15) is 0 Å². The van der Waals surface area contributed by atoms with Crippen LogP contribution in [-0.4, -0.2) is 17.2 Å². The lowest BCUT2D eigenvalue weighted by molar-refractivity contribution is -0.150. The van der Waals surface area contributed by atoms with Gasteiger partial charge in [-0.25, -0.2) is 4.79 Å². The highest BCUT2D eigenvalue weighted by Crippen LogP contribution is 2.26. The van der Waals surface area contributed by atoms with Crippen LogP contribution in [0.2, 0.25) is 0 Å². The molecule has 1 atom stereocenters. The number of benzene rings is 1. The molecule has 0 radical (unpaired) electrons. The van der Waals surface area contributed by atoms with Crippen molar-refractivity contribution in [1.29, 1.82) is 0 Å². The highest BCUT2D eigenvalue weighted by atomic mass is 16.5. The lowest BCUT2D eigenvalue weighted by Gasteiger charge is -2.27. The quantitative estimate of drug-likeness (QED) is 0.885. The third-order valence-electron chi connectivity index (χ3n) is 2.61. The van der Waals surface area contributed by atoms with Crippen molar-refractivity contribution >= 4 is 11.5 Å². The van der Waals surface area contributed by atoms with Gasteiger partial charge in [-0.1, -0.05) is 45.1 Å². The van der Waals surface area contributed by atoms with E-state index in [0.29, 0.717) is 5.75 Å². The zero-order valence-electron chi connectivity index (χ0n) is 11.4. The number of aliphatic carboxylic acids is 1. The number of hydrogen-bond acceptors (Lipinski definition) is 2. The second-order valence-corrected chi connectivity index (χ2v) is 5.51. The highest BCUT2D eigenvalue weighted by molar-refractivity contribution is 5.73. The van der Waals surface area contributed by atoms with Crippen molar-refractivity contribution in [3.05, 3.63) is 36.4 Å². The summed E-state index contributed by atoms with van der Waals surface area (Å²) < 4.78 is 5.55. The number of carboxylic acids is 1. The van der Waals surface area contributed by atoms with Gasteiger partial charge >= 0.3 is 5.97 Å². The van der Waals surface area contributed by atoms with Crippen LogP contribution in [0.3, 0.4) is 0 Å². The van der Waals surface area contributed by atoms with Gasteiger partial charge in [-0.15, -0.1) is 0 Å². The second-order valence-electron chi connectivity index (χ2n) is 5.51. The van der Waals surface area contributed by atoms with Crippen molar-refractivity contribution in [2.24, 2.45) is 5.41 Å². The van der Waals surface area contributed by atoms with Crippen molar-refractivity contribution in [2.45, 2.75) is 33.8 Å². The van der Waals surface area contributed by atoms with Crippen molar-refractivity contribution in [2.75, 3.05) is 0 Å². The lowest BCUT2D eigenvalue weighted by Crippen LogP contribution is -2.39. The Hall–Kier alpha value is -1.77. The molecule has 0 saturated heterocycles. The normalized spacial score (nSPS) is 12.9. The zero-order valence-corrected chi connectivity index (χ0v) is 11.4. The average molecular weight is 248 g/mol. The summed E-state index contributed by atoms with van der Waals surface area (Å²) in [5.74, 6) is -0.395. The van der Waals surface area contributed by atoms with Crippen LogP contribution in [0.1, 0.15) is 33.3 Å². The summed E-state index contributed by atoms with van der Waals surface area (Å²) in [5, 5.41) is 9.17. The Kier molecular flexibility index (Phi) is 4.17. The summed E-state index contributed by atoms with van der Waals surface area (Å²) >= 11 is 0. The third kappa shape index (κ3) is 3.62. The third-order valence-corrected chi connectivity index (χ3v) is 2.61. The first kappa shape index (κ1) is 14.3. The Morgan fingerprint density at radius 2 is 1.78 bits per heavy atom. The van der Waals surface area contributed by atoms with E-state index in [2.05, 4.69) is 6.58 Å². The van der Waals surface area contributed by atoms with Crippen LogP contribution < -0.4 is 4.74 Å². The number of rotatable bonds is 4. The van der Waals surface area contributed by atoms with E-state index in [0.717, 1.165) is 11.1 Å². The monoisotopic (exact) mass is 248 g/mol. The molecular formula is C15H20O3. The first-order valence-corrected chi connectivity index (χ1v) is 5.87.